The Morgan fingerprint density at radius 3 is 2.56 bits per heavy atom. The molecule has 0 amide bonds. The maximum absolute atomic E-state index is 6.17. The van der Waals surface area contributed by atoms with Gasteiger partial charge in [0.05, 0.1) is 41.7 Å². The third-order valence-corrected chi connectivity index (χ3v) is 4.89. The second-order valence-electron chi connectivity index (χ2n) is 5.58. The number of nitrogens with zero attached hydrogens (tertiary/aromatic N) is 3. The summed E-state index contributed by atoms with van der Waals surface area (Å²) in [6, 6.07) is 5.74. The summed E-state index contributed by atoms with van der Waals surface area (Å²) >= 11 is 7.75. The van der Waals surface area contributed by atoms with Crippen molar-refractivity contribution in [1.29, 1.82) is 0 Å². The lowest BCUT2D eigenvalue weighted by Gasteiger charge is -2.14. The maximum Gasteiger partial charge on any atom is 0.166 e. The Morgan fingerprint density at radius 1 is 1.16 bits per heavy atom. The SMILES string of the molecule is COc1cc2nc(SCc3cc(N(C)C)c(Cl)cn3)[nH]c2cc1OC. The molecule has 1 N–H and O–H groups in total. The van der Waals surface area contributed by atoms with Gasteiger partial charge in [0.15, 0.2) is 16.7 Å². The fraction of sp³-hybridized carbons (Fsp3) is 0.294. The number of imidazole rings is 1. The summed E-state index contributed by atoms with van der Waals surface area (Å²) in [5.41, 5.74) is 3.62. The Balaban J connectivity index is 1.80. The van der Waals surface area contributed by atoms with Crippen molar-refractivity contribution in [1.82, 2.24) is 15.0 Å². The largest absolute Gasteiger partial charge is 0.493 e. The first-order valence-corrected chi connectivity index (χ1v) is 8.94. The van der Waals surface area contributed by atoms with Crippen LogP contribution in [0.4, 0.5) is 5.69 Å². The van der Waals surface area contributed by atoms with E-state index in [9.17, 15) is 0 Å². The van der Waals surface area contributed by atoms with E-state index in [0.29, 0.717) is 22.3 Å². The molecule has 3 aromatic rings. The molecular weight excluding hydrogens is 360 g/mol. The van der Waals surface area contributed by atoms with Crippen LogP contribution in [0.25, 0.3) is 11.0 Å². The molecule has 132 valence electrons. The van der Waals surface area contributed by atoms with E-state index in [2.05, 4.69) is 15.0 Å². The number of aromatic amines is 1. The molecule has 0 fully saturated rings. The van der Waals surface area contributed by atoms with Crippen LogP contribution >= 0.6 is 23.4 Å². The van der Waals surface area contributed by atoms with Crippen LogP contribution in [0.3, 0.4) is 0 Å². The number of pyridine rings is 1. The molecule has 6 nitrogen and oxygen atoms in total. The molecule has 8 heteroatoms. The number of halogens is 1. The summed E-state index contributed by atoms with van der Waals surface area (Å²) in [7, 11) is 7.14. The first kappa shape index (κ1) is 17.7. The maximum atomic E-state index is 6.17. The van der Waals surface area contributed by atoms with E-state index in [1.807, 2.05) is 37.2 Å². The fourth-order valence-corrected chi connectivity index (χ4v) is 3.48. The van der Waals surface area contributed by atoms with Gasteiger partial charge >= 0.3 is 0 Å². The quantitative estimate of drug-likeness (QED) is 0.654. The van der Waals surface area contributed by atoms with E-state index >= 15 is 0 Å². The van der Waals surface area contributed by atoms with E-state index in [1.165, 1.54) is 0 Å². The standard InChI is InChI=1S/C17H19ClN4O2S/c1-22(2)14-5-10(19-8-11(14)18)9-25-17-20-12-6-15(23-3)16(24-4)7-13(12)21-17/h5-8H,9H2,1-4H3,(H,20,21). The molecule has 3 rings (SSSR count). The number of anilines is 1. The smallest absolute Gasteiger partial charge is 0.166 e. The predicted molar refractivity (Wildman–Crippen MR) is 102 cm³/mol. The number of hydrogen-bond acceptors (Lipinski definition) is 6. The highest BCUT2D eigenvalue weighted by molar-refractivity contribution is 7.98. The lowest BCUT2D eigenvalue weighted by molar-refractivity contribution is 0.356. The molecule has 0 saturated carbocycles. The first-order valence-electron chi connectivity index (χ1n) is 7.58. The van der Waals surface area contributed by atoms with E-state index in [1.54, 1.807) is 32.2 Å². The second-order valence-corrected chi connectivity index (χ2v) is 6.95. The molecule has 1 aromatic carbocycles. The summed E-state index contributed by atoms with van der Waals surface area (Å²) in [5.74, 6) is 2.02. The van der Waals surface area contributed by atoms with Crippen molar-refractivity contribution in [3.8, 4) is 11.5 Å². The summed E-state index contributed by atoms with van der Waals surface area (Å²) in [4.78, 5) is 14.2. The number of aromatic nitrogens is 3. The third-order valence-electron chi connectivity index (χ3n) is 3.70. The molecule has 0 spiro atoms. The molecular formula is C17H19ClN4O2S. The van der Waals surface area contributed by atoms with E-state index in [-0.39, 0.29) is 0 Å². The Kier molecular flexibility index (Phi) is 5.24. The molecule has 0 saturated heterocycles. The molecule has 2 heterocycles. The molecule has 0 atom stereocenters. The highest BCUT2D eigenvalue weighted by Crippen LogP contribution is 2.33. The fourth-order valence-electron chi connectivity index (χ4n) is 2.42. The molecule has 0 unspecified atom stereocenters. The van der Waals surface area contributed by atoms with Crippen LogP contribution in [-0.2, 0) is 5.75 Å². The van der Waals surface area contributed by atoms with Gasteiger partial charge in [-0.1, -0.05) is 23.4 Å². The van der Waals surface area contributed by atoms with Crippen LogP contribution in [0.15, 0.2) is 29.6 Å². The van der Waals surface area contributed by atoms with Gasteiger partial charge in [-0.25, -0.2) is 4.98 Å². The van der Waals surface area contributed by atoms with Gasteiger partial charge in [0.25, 0.3) is 0 Å². The minimum Gasteiger partial charge on any atom is -0.493 e. The highest BCUT2D eigenvalue weighted by atomic mass is 35.5. The van der Waals surface area contributed by atoms with Crippen molar-refractivity contribution in [2.75, 3.05) is 33.2 Å². The zero-order valence-electron chi connectivity index (χ0n) is 14.5. The van der Waals surface area contributed by atoms with Crippen molar-refractivity contribution in [2.24, 2.45) is 0 Å². The zero-order chi connectivity index (χ0) is 18.0. The monoisotopic (exact) mass is 378 g/mol. The second kappa shape index (κ2) is 7.41. The minimum atomic E-state index is 0.640. The molecule has 0 aliphatic carbocycles. The van der Waals surface area contributed by atoms with Gasteiger partial charge < -0.3 is 19.4 Å². The van der Waals surface area contributed by atoms with Gasteiger partial charge in [-0.15, -0.1) is 0 Å². The van der Waals surface area contributed by atoms with Crippen LogP contribution in [0, 0.1) is 0 Å². The van der Waals surface area contributed by atoms with Gasteiger partial charge in [-0.2, -0.15) is 0 Å². The minimum absolute atomic E-state index is 0.640. The summed E-state index contributed by atoms with van der Waals surface area (Å²) in [5, 5.41) is 1.45. The lowest BCUT2D eigenvalue weighted by atomic mass is 10.3. The van der Waals surface area contributed by atoms with Crippen LogP contribution in [0.1, 0.15) is 5.69 Å². The Hall–Kier alpha value is -2.12. The Morgan fingerprint density at radius 2 is 1.88 bits per heavy atom. The van der Waals surface area contributed by atoms with Crippen LogP contribution in [-0.4, -0.2) is 43.3 Å². The zero-order valence-corrected chi connectivity index (χ0v) is 16.0. The predicted octanol–water partition coefficient (Wildman–Crippen LogP) is 3.99. The Bertz CT molecular complexity index is 857. The van der Waals surface area contributed by atoms with Crippen molar-refractivity contribution < 1.29 is 9.47 Å². The topological polar surface area (TPSA) is 63.3 Å². The number of ether oxygens (including phenoxy) is 2. The first-order chi connectivity index (χ1) is 12.0. The number of thioether (sulfide) groups is 1. The molecule has 0 aliphatic heterocycles. The number of methoxy groups -OCH3 is 2. The van der Waals surface area contributed by atoms with Crippen LogP contribution in [0.2, 0.25) is 5.02 Å². The number of benzene rings is 1. The Labute approximate surface area is 155 Å². The van der Waals surface area contributed by atoms with Gasteiger partial charge in [-0.3, -0.25) is 4.98 Å². The van der Waals surface area contributed by atoms with Crippen molar-refractivity contribution in [3.05, 3.63) is 35.1 Å². The van der Waals surface area contributed by atoms with E-state index in [4.69, 9.17) is 21.1 Å². The lowest BCUT2D eigenvalue weighted by Crippen LogP contribution is -2.10. The number of nitrogens with one attached hydrogen (secondary N) is 1. The van der Waals surface area contributed by atoms with Gasteiger partial charge in [-0.05, 0) is 6.07 Å². The highest BCUT2D eigenvalue weighted by Gasteiger charge is 2.11. The molecule has 2 aromatic heterocycles. The van der Waals surface area contributed by atoms with Crippen molar-refractivity contribution in [2.45, 2.75) is 10.9 Å². The number of fused-ring (bicyclic) bond motifs is 1. The van der Waals surface area contributed by atoms with Crippen molar-refractivity contribution >= 4 is 40.1 Å². The molecule has 0 radical (unpaired) electrons. The summed E-state index contributed by atoms with van der Waals surface area (Å²) in [6.07, 6.45) is 1.68. The van der Waals surface area contributed by atoms with E-state index in [0.717, 1.165) is 27.6 Å². The summed E-state index contributed by atoms with van der Waals surface area (Å²) in [6.45, 7) is 0. The van der Waals surface area contributed by atoms with Gasteiger partial charge in [0.2, 0.25) is 0 Å². The van der Waals surface area contributed by atoms with Crippen molar-refractivity contribution in [3.63, 3.8) is 0 Å². The number of rotatable bonds is 6. The normalized spacial score (nSPS) is 10.9. The molecule has 0 aliphatic rings. The van der Waals surface area contributed by atoms with Gasteiger partial charge in [0, 0.05) is 38.2 Å². The molecule has 0 bridgehead atoms. The van der Waals surface area contributed by atoms with Gasteiger partial charge in [0.1, 0.15) is 0 Å². The van der Waals surface area contributed by atoms with Crippen LogP contribution in [0.5, 0.6) is 11.5 Å². The third kappa shape index (κ3) is 3.77. The molecule has 25 heavy (non-hydrogen) atoms. The average molecular weight is 379 g/mol. The number of hydrogen-bond donors (Lipinski definition) is 1. The average Bonchev–Trinajstić information content (AvgIpc) is 3.01. The van der Waals surface area contributed by atoms with Crippen LogP contribution < -0.4 is 14.4 Å². The summed E-state index contributed by atoms with van der Waals surface area (Å²) < 4.78 is 10.6. The van der Waals surface area contributed by atoms with E-state index < -0.39 is 0 Å². The number of H-pyrrole nitrogens is 1.